The topological polar surface area (TPSA) is 64.4 Å². The summed E-state index contributed by atoms with van der Waals surface area (Å²) in [5, 5.41) is 0.702. The normalized spacial score (nSPS) is 15.5. The third-order valence-electron chi connectivity index (χ3n) is 4.48. The zero-order valence-electron chi connectivity index (χ0n) is 14.6. The Morgan fingerprint density at radius 1 is 1.38 bits per heavy atom. The van der Waals surface area contributed by atoms with Crippen molar-refractivity contribution in [3.63, 3.8) is 0 Å². The van der Waals surface area contributed by atoms with Gasteiger partial charge in [-0.2, -0.15) is 0 Å². The van der Waals surface area contributed by atoms with Gasteiger partial charge in [0.25, 0.3) is 5.56 Å². The van der Waals surface area contributed by atoms with Crippen LogP contribution in [0, 0.1) is 0 Å². The summed E-state index contributed by atoms with van der Waals surface area (Å²) >= 11 is 1.63. The molecular weight excluding hydrogens is 326 g/mol. The third-order valence-corrected chi connectivity index (χ3v) is 5.67. The number of hydrogen-bond acceptors (Lipinski definition) is 6. The molecule has 1 aliphatic carbocycles. The quantitative estimate of drug-likeness (QED) is 0.791. The number of aromatic nitrogens is 2. The minimum absolute atomic E-state index is 0.117. The van der Waals surface area contributed by atoms with Crippen LogP contribution >= 0.6 is 11.3 Å². The Morgan fingerprint density at radius 3 is 2.75 bits per heavy atom. The number of nitrogens with zero attached hydrogens (tertiary/aromatic N) is 3. The van der Waals surface area contributed by atoms with Crippen LogP contribution in [-0.4, -0.2) is 41.6 Å². The van der Waals surface area contributed by atoms with Crippen LogP contribution in [0.25, 0.3) is 10.2 Å². The molecule has 0 amide bonds. The maximum Gasteiger partial charge on any atom is 0.328 e. The maximum atomic E-state index is 13.2. The van der Waals surface area contributed by atoms with E-state index in [4.69, 9.17) is 9.72 Å². The second-order valence-corrected chi connectivity index (χ2v) is 7.61. The van der Waals surface area contributed by atoms with Crippen LogP contribution in [0.3, 0.4) is 0 Å². The van der Waals surface area contributed by atoms with Gasteiger partial charge in [-0.3, -0.25) is 9.36 Å². The van der Waals surface area contributed by atoms with E-state index in [2.05, 4.69) is 0 Å². The fraction of sp³-hybridized carbons (Fsp3) is 0.588. The van der Waals surface area contributed by atoms with Gasteiger partial charge in [-0.15, -0.1) is 11.3 Å². The number of esters is 1. The van der Waals surface area contributed by atoms with Crippen molar-refractivity contribution in [3.8, 4) is 0 Å². The highest BCUT2D eigenvalue weighted by molar-refractivity contribution is 7.18. The summed E-state index contributed by atoms with van der Waals surface area (Å²) in [6, 6.07) is -0.687. The van der Waals surface area contributed by atoms with E-state index in [1.807, 2.05) is 19.0 Å². The molecular formula is C17H23N3O3S. The summed E-state index contributed by atoms with van der Waals surface area (Å²) < 4.78 is 6.36. The van der Waals surface area contributed by atoms with Crippen LogP contribution in [0.15, 0.2) is 4.79 Å². The van der Waals surface area contributed by atoms with E-state index in [9.17, 15) is 9.59 Å². The van der Waals surface area contributed by atoms with Crippen molar-refractivity contribution in [3.05, 3.63) is 26.6 Å². The average Bonchev–Trinajstić information content (AvgIpc) is 2.91. The van der Waals surface area contributed by atoms with Gasteiger partial charge in [-0.05, 0) is 52.3 Å². The second-order valence-electron chi connectivity index (χ2n) is 6.53. The molecule has 3 rings (SSSR count). The van der Waals surface area contributed by atoms with Crippen LogP contribution in [0.1, 0.15) is 42.1 Å². The number of rotatable bonds is 4. The number of carbonyl (C=O) groups is 1. The van der Waals surface area contributed by atoms with Gasteiger partial charge in [0.05, 0.1) is 19.0 Å². The molecule has 0 aromatic carbocycles. The standard InChI is InChI=1S/C17H23N3O3S/c1-10(17(22)23-4)20-13(9-19(2)3)18-15-14(16(20)21)11-7-5-6-8-12(11)24-15/h10H,5-9H2,1-4H3. The Labute approximate surface area is 145 Å². The zero-order valence-corrected chi connectivity index (χ0v) is 15.4. The molecule has 0 radical (unpaired) electrons. The van der Waals surface area contributed by atoms with E-state index in [1.165, 1.54) is 16.6 Å². The van der Waals surface area contributed by atoms with Gasteiger partial charge >= 0.3 is 5.97 Å². The molecule has 1 atom stereocenters. The minimum atomic E-state index is -0.687. The van der Waals surface area contributed by atoms with Crippen molar-refractivity contribution < 1.29 is 9.53 Å². The fourth-order valence-electron chi connectivity index (χ4n) is 3.33. The van der Waals surface area contributed by atoms with Gasteiger partial charge < -0.3 is 9.64 Å². The summed E-state index contributed by atoms with van der Waals surface area (Å²) in [6.45, 7) is 2.19. The summed E-state index contributed by atoms with van der Waals surface area (Å²) in [5.74, 6) is 0.177. The lowest BCUT2D eigenvalue weighted by Crippen LogP contribution is -2.34. The Bertz CT molecular complexity index is 838. The molecule has 0 fully saturated rings. The Kier molecular flexibility index (Phi) is 4.73. The van der Waals surface area contributed by atoms with Crippen LogP contribution in [-0.2, 0) is 28.9 Å². The number of ether oxygens (including phenoxy) is 1. The first-order valence-corrected chi connectivity index (χ1v) is 9.04. The molecule has 1 aliphatic rings. The van der Waals surface area contributed by atoms with Gasteiger partial charge in [0.1, 0.15) is 16.7 Å². The SMILES string of the molecule is COC(=O)C(C)n1c(CN(C)C)nc2sc3c(c2c1=O)CCCC3. The van der Waals surface area contributed by atoms with E-state index in [0.717, 1.165) is 36.1 Å². The number of methoxy groups -OCH3 is 1. The van der Waals surface area contributed by atoms with Crippen LogP contribution in [0.2, 0.25) is 0 Å². The summed E-state index contributed by atoms with van der Waals surface area (Å²) in [4.78, 5) is 34.1. The molecule has 0 saturated heterocycles. The van der Waals surface area contributed by atoms with Crippen LogP contribution in [0.4, 0.5) is 0 Å². The number of fused-ring (bicyclic) bond motifs is 3. The first-order valence-electron chi connectivity index (χ1n) is 8.22. The molecule has 1 unspecified atom stereocenters. The van der Waals surface area contributed by atoms with Crippen molar-refractivity contribution >= 4 is 27.5 Å². The first-order chi connectivity index (χ1) is 11.4. The lowest BCUT2D eigenvalue weighted by atomic mass is 9.97. The highest BCUT2D eigenvalue weighted by atomic mass is 32.1. The van der Waals surface area contributed by atoms with Crippen molar-refractivity contribution in [2.24, 2.45) is 0 Å². The fourth-order valence-corrected chi connectivity index (χ4v) is 4.60. The Hall–Kier alpha value is -1.73. The molecule has 130 valence electrons. The maximum absolute atomic E-state index is 13.2. The van der Waals surface area contributed by atoms with Crippen molar-refractivity contribution in [2.45, 2.75) is 45.2 Å². The minimum Gasteiger partial charge on any atom is -0.467 e. The van der Waals surface area contributed by atoms with Crippen molar-refractivity contribution in [2.75, 3.05) is 21.2 Å². The van der Waals surface area contributed by atoms with Gasteiger partial charge in [-0.1, -0.05) is 0 Å². The number of carbonyl (C=O) groups excluding carboxylic acids is 1. The van der Waals surface area contributed by atoms with Gasteiger partial charge in [0.2, 0.25) is 0 Å². The number of aryl methyl sites for hydroxylation is 2. The summed E-state index contributed by atoms with van der Waals surface area (Å²) in [7, 11) is 5.18. The molecule has 0 N–H and O–H groups in total. The lowest BCUT2D eigenvalue weighted by molar-refractivity contribution is -0.144. The predicted molar refractivity (Wildman–Crippen MR) is 94.6 cm³/mol. The van der Waals surface area contributed by atoms with Gasteiger partial charge in [0, 0.05) is 4.88 Å². The average molecular weight is 349 g/mol. The van der Waals surface area contributed by atoms with E-state index in [-0.39, 0.29) is 5.56 Å². The summed E-state index contributed by atoms with van der Waals surface area (Å²) in [6.07, 6.45) is 4.21. The van der Waals surface area contributed by atoms with Crippen molar-refractivity contribution in [1.82, 2.24) is 14.5 Å². The van der Waals surface area contributed by atoms with E-state index < -0.39 is 12.0 Å². The largest absolute Gasteiger partial charge is 0.467 e. The third kappa shape index (κ3) is 2.86. The predicted octanol–water partition coefficient (Wildman–Crippen LogP) is 2.13. The van der Waals surface area contributed by atoms with Crippen LogP contribution in [0.5, 0.6) is 0 Å². The molecule has 2 aromatic rings. The highest BCUT2D eigenvalue weighted by Crippen LogP contribution is 2.34. The molecule has 0 aliphatic heterocycles. The molecule has 0 saturated carbocycles. The smallest absolute Gasteiger partial charge is 0.328 e. The molecule has 0 bridgehead atoms. The summed E-state index contributed by atoms with van der Waals surface area (Å²) in [5.41, 5.74) is 1.02. The Balaban J connectivity index is 2.27. The molecule has 24 heavy (non-hydrogen) atoms. The van der Waals surface area contributed by atoms with E-state index in [1.54, 1.807) is 18.3 Å². The zero-order chi connectivity index (χ0) is 17.4. The van der Waals surface area contributed by atoms with Crippen molar-refractivity contribution in [1.29, 1.82) is 0 Å². The molecule has 0 spiro atoms. The van der Waals surface area contributed by atoms with Crippen LogP contribution < -0.4 is 5.56 Å². The van der Waals surface area contributed by atoms with Gasteiger partial charge in [0.15, 0.2) is 0 Å². The first kappa shape index (κ1) is 17.1. The van der Waals surface area contributed by atoms with Gasteiger partial charge in [-0.25, -0.2) is 9.78 Å². The highest BCUT2D eigenvalue weighted by Gasteiger charge is 2.26. The van der Waals surface area contributed by atoms with E-state index in [0.29, 0.717) is 17.8 Å². The number of thiophene rings is 1. The molecule has 2 aromatic heterocycles. The monoisotopic (exact) mass is 349 g/mol. The molecule has 6 nitrogen and oxygen atoms in total. The second kappa shape index (κ2) is 6.64. The Morgan fingerprint density at radius 2 is 2.08 bits per heavy atom. The molecule has 2 heterocycles. The van der Waals surface area contributed by atoms with E-state index >= 15 is 0 Å². The number of hydrogen-bond donors (Lipinski definition) is 0. The molecule has 7 heteroatoms. The lowest BCUT2D eigenvalue weighted by Gasteiger charge is -2.20.